The largest absolute Gasteiger partial charge is 0.355 e. The summed E-state index contributed by atoms with van der Waals surface area (Å²) in [5.41, 5.74) is 3.38. The van der Waals surface area contributed by atoms with Crippen molar-refractivity contribution in [2.24, 2.45) is 5.92 Å². The molecule has 3 atom stereocenters. The minimum absolute atomic E-state index is 0.102. The van der Waals surface area contributed by atoms with Crippen molar-refractivity contribution in [2.45, 2.75) is 78.4 Å². The Balaban J connectivity index is 2.35. The average molecular weight is 269 g/mol. The van der Waals surface area contributed by atoms with Crippen molar-refractivity contribution >= 4 is 5.91 Å². The van der Waals surface area contributed by atoms with Crippen molar-refractivity contribution in [3.05, 3.63) is 0 Å². The van der Waals surface area contributed by atoms with E-state index in [2.05, 4.69) is 43.4 Å². The van der Waals surface area contributed by atoms with Crippen LogP contribution in [0.4, 0.5) is 0 Å². The maximum Gasteiger partial charge on any atom is 0.238 e. The molecule has 3 unspecified atom stereocenters. The highest BCUT2D eigenvalue weighted by atomic mass is 16.2. The molecule has 4 heteroatoms. The summed E-state index contributed by atoms with van der Waals surface area (Å²) in [5, 5.41) is 5.27. The van der Waals surface area contributed by atoms with Crippen LogP contribution in [0.3, 0.4) is 0 Å². The Kier molecular flexibility index (Phi) is 6.80. The summed E-state index contributed by atoms with van der Waals surface area (Å²) in [6, 6.07) is 0.861. The van der Waals surface area contributed by atoms with Gasteiger partial charge in [-0.1, -0.05) is 20.3 Å². The number of carbonyl (C=O) groups excluding carboxylic acids is 1. The van der Waals surface area contributed by atoms with Gasteiger partial charge < -0.3 is 5.32 Å². The molecule has 0 aromatic carbocycles. The number of hydrogen-bond acceptors (Lipinski definition) is 3. The second-order valence-corrected chi connectivity index (χ2v) is 6.36. The molecule has 1 aliphatic rings. The molecule has 0 aromatic rings. The molecular weight excluding hydrogens is 238 g/mol. The highest BCUT2D eigenvalue weighted by Crippen LogP contribution is 2.20. The Morgan fingerprint density at radius 1 is 1.21 bits per heavy atom. The van der Waals surface area contributed by atoms with Crippen LogP contribution in [-0.4, -0.2) is 35.6 Å². The molecular formula is C15H31N3O. The van der Waals surface area contributed by atoms with Gasteiger partial charge in [-0.2, -0.15) is 0 Å². The van der Waals surface area contributed by atoms with Crippen LogP contribution >= 0.6 is 0 Å². The lowest BCUT2D eigenvalue weighted by molar-refractivity contribution is -0.125. The third-order valence-corrected chi connectivity index (χ3v) is 3.95. The zero-order valence-electron chi connectivity index (χ0n) is 13.2. The summed E-state index contributed by atoms with van der Waals surface area (Å²) in [6.45, 7) is 11.5. The molecule has 1 fully saturated rings. The van der Waals surface area contributed by atoms with E-state index in [1.165, 1.54) is 19.3 Å². The minimum Gasteiger partial charge on any atom is -0.355 e. The van der Waals surface area contributed by atoms with Crippen molar-refractivity contribution in [2.75, 3.05) is 6.54 Å². The van der Waals surface area contributed by atoms with E-state index in [4.69, 9.17) is 0 Å². The summed E-state index contributed by atoms with van der Waals surface area (Å²) in [5.74, 6) is 0.733. The summed E-state index contributed by atoms with van der Waals surface area (Å²) < 4.78 is 0. The van der Waals surface area contributed by atoms with E-state index in [-0.39, 0.29) is 11.9 Å². The quantitative estimate of drug-likeness (QED) is 0.778. The Labute approximate surface area is 118 Å². The third-order valence-electron chi connectivity index (χ3n) is 3.95. The molecule has 112 valence electrons. The van der Waals surface area contributed by atoms with Gasteiger partial charge in [-0.05, 0) is 46.0 Å². The van der Waals surface area contributed by atoms with Crippen molar-refractivity contribution in [3.8, 4) is 0 Å². The van der Waals surface area contributed by atoms with Crippen LogP contribution in [0.1, 0.15) is 60.3 Å². The van der Waals surface area contributed by atoms with Gasteiger partial charge >= 0.3 is 0 Å². The summed E-state index contributed by atoms with van der Waals surface area (Å²) in [7, 11) is 0. The van der Waals surface area contributed by atoms with Crippen molar-refractivity contribution in [1.82, 2.24) is 15.8 Å². The topological polar surface area (TPSA) is 44.4 Å². The first-order valence-corrected chi connectivity index (χ1v) is 7.74. The highest BCUT2D eigenvalue weighted by molar-refractivity contribution is 5.81. The second-order valence-electron chi connectivity index (χ2n) is 6.36. The Morgan fingerprint density at radius 2 is 1.79 bits per heavy atom. The number of hydrazine groups is 1. The van der Waals surface area contributed by atoms with Crippen molar-refractivity contribution < 1.29 is 4.79 Å². The summed E-state index contributed by atoms with van der Waals surface area (Å²) >= 11 is 0. The van der Waals surface area contributed by atoms with E-state index < -0.39 is 0 Å². The van der Waals surface area contributed by atoms with Crippen molar-refractivity contribution in [1.29, 1.82) is 0 Å². The van der Waals surface area contributed by atoms with E-state index in [1.807, 2.05) is 6.92 Å². The lowest BCUT2D eigenvalue weighted by atomic mass is 10.00. The molecule has 0 aliphatic carbocycles. The first-order chi connectivity index (χ1) is 8.91. The molecule has 0 saturated carbocycles. The Hall–Kier alpha value is -0.610. The fourth-order valence-corrected chi connectivity index (χ4v) is 2.60. The standard InChI is InChI=1S/C15H31N3O/c1-11(2)9-10-16-15(19)14(5)17-18-12(3)7-6-8-13(18)4/h11-14,17H,6-10H2,1-5H3,(H,16,19). The van der Waals surface area contributed by atoms with Gasteiger partial charge in [0.2, 0.25) is 5.91 Å². The van der Waals surface area contributed by atoms with E-state index in [9.17, 15) is 4.79 Å². The van der Waals surface area contributed by atoms with Gasteiger partial charge in [0.15, 0.2) is 0 Å². The molecule has 1 heterocycles. The second kappa shape index (κ2) is 7.85. The maximum absolute atomic E-state index is 12.0. The number of nitrogens with one attached hydrogen (secondary N) is 2. The number of nitrogens with zero attached hydrogens (tertiary/aromatic N) is 1. The van der Waals surface area contributed by atoms with Crippen LogP contribution in [0.5, 0.6) is 0 Å². The molecule has 0 aromatic heterocycles. The van der Waals surface area contributed by atoms with E-state index in [0.29, 0.717) is 18.0 Å². The fraction of sp³-hybridized carbons (Fsp3) is 0.933. The smallest absolute Gasteiger partial charge is 0.238 e. The fourth-order valence-electron chi connectivity index (χ4n) is 2.60. The average Bonchev–Trinajstić information content (AvgIpc) is 2.33. The SMILES string of the molecule is CC(C)CCNC(=O)C(C)NN1C(C)CCCC1C. The Bertz CT molecular complexity index is 271. The molecule has 0 spiro atoms. The van der Waals surface area contributed by atoms with E-state index >= 15 is 0 Å². The van der Waals surface area contributed by atoms with Gasteiger partial charge in [0.05, 0.1) is 6.04 Å². The Morgan fingerprint density at radius 3 is 2.32 bits per heavy atom. The molecule has 1 aliphatic heterocycles. The number of carbonyl (C=O) groups is 1. The van der Waals surface area contributed by atoms with Gasteiger partial charge in [-0.25, -0.2) is 10.4 Å². The lowest BCUT2D eigenvalue weighted by Crippen LogP contribution is -2.58. The van der Waals surface area contributed by atoms with Gasteiger partial charge in [0, 0.05) is 18.6 Å². The number of hydrogen-bond donors (Lipinski definition) is 2. The monoisotopic (exact) mass is 269 g/mol. The molecule has 1 saturated heterocycles. The van der Waals surface area contributed by atoms with Gasteiger partial charge in [-0.15, -0.1) is 0 Å². The van der Waals surface area contributed by atoms with Crippen LogP contribution < -0.4 is 10.7 Å². The van der Waals surface area contributed by atoms with Gasteiger partial charge in [-0.3, -0.25) is 4.79 Å². The maximum atomic E-state index is 12.0. The van der Waals surface area contributed by atoms with Crippen LogP contribution in [-0.2, 0) is 4.79 Å². The predicted molar refractivity (Wildman–Crippen MR) is 79.7 cm³/mol. The number of rotatable bonds is 6. The van der Waals surface area contributed by atoms with Crippen LogP contribution in [0.15, 0.2) is 0 Å². The normalized spacial score (nSPS) is 26.4. The third kappa shape index (κ3) is 5.49. The molecule has 19 heavy (non-hydrogen) atoms. The molecule has 4 nitrogen and oxygen atoms in total. The molecule has 1 rings (SSSR count). The van der Waals surface area contributed by atoms with Gasteiger partial charge in [0.1, 0.15) is 0 Å². The van der Waals surface area contributed by atoms with Crippen molar-refractivity contribution in [3.63, 3.8) is 0 Å². The molecule has 0 radical (unpaired) electrons. The zero-order valence-corrected chi connectivity index (χ0v) is 13.2. The molecule has 1 amide bonds. The van der Waals surface area contributed by atoms with Crippen LogP contribution in [0, 0.1) is 5.92 Å². The zero-order chi connectivity index (χ0) is 14.4. The summed E-state index contributed by atoms with van der Waals surface area (Å²) in [6.07, 6.45) is 4.74. The number of piperidine rings is 1. The first-order valence-electron chi connectivity index (χ1n) is 7.74. The van der Waals surface area contributed by atoms with Crippen LogP contribution in [0.2, 0.25) is 0 Å². The number of amides is 1. The van der Waals surface area contributed by atoms with Crippen LogP contribution in [0.25, 0.3) is 0 Å². The first kappa shape index (κ1) is 16.4. The molecule has 2 N–H and O–H groups in total. The van der Waals surface area contributed by atoms with E-state index in [0.717, 1.165) is 13.0 Å². The highest BCUT2D eigenvalue weighted by Gasteiger charge is 2.27. The van der Waals surface area contributed by atoms with Gasteiger partial charge in [0.25, 0.3) is 0 Å². The van der Waals surface area contributed by atoms with E-state index in [1.54, 1.807) is 0 Å². The summed E-state index contributed by atoms with van der Waals surface area (Å²) in [4.78, 5) is 12.0. The lowest BCUT2D eigenvalue weighted by Gasteiger charge is -2.40. The molecule has 0 bridgehead atoms. The predicted octanol–water partition coefficient (Wildman–Crippen LogP) is 2.30. The minimum atomic E-state index is -0.157.